The first-order valence-electron chi connectivity index (χ1n) is 4.03. The lowest BCUT2D eigenvalue weighted by Gasteiger charge is -2.04. The van der Waals surface area contributed by atoms with Gasteiger partial charge in [-0.1, -0.05) is 13.3 Å². The minimum absolute atomic E-state index is 0.0550. The van der Waals surface area contributed by atoms with Gasteiger partial charge in [-0.3, -0.25) is 4.89 Å². The van der Waals surface area contributed by atoms with Crippen molar-refractivity contribution in [3.8, 4) is 0 Å². The molecule has 0 unspecified atom stereocenters. The lowest BCUT2D eigenvalue weighted by Crippen LogP contribution is -2.09. The molecule has 0 aromatic heterocycles. The van der Waals surface area contributed by atoms with Gasteiger partial charge in [-0.05, 0) is 20.3 Å². The molecule has 0 heterocycles. The molecule has 0 amide bonds. The minimum Gasteiger partial charge on any atom is -0.298 e. The Balaban J connectivity index is 3.23. The summed E-state index contributed by atoms with van der Waals surface area (Å²) in [6, 6.07) is 0. The van der Waals surface area contributed by atoms with Crippen LogP contribution in [-0.2, 0) is 14.6 Å². The molecule has 0 rings (SSSR count). The van der Waals surface area contributed by atoms with E-state index in [-0.39, 0.29) is 12.1 Å². The van der Waals surface area contributed by atoms with Gasteiger partial charge in [0.05, 0.1) is 6.10 Å². The molecule has 3 nitrogen and oxygen atoms in total. The van der Waals surface area contributed by atoms with Gasteiger partial charge in [0.1, 0.15) is 0 Å². The fraction of sp³-hybridized carbons (Fsp3) is 0.875. The van der Waals surface area contributed by atoms with Gasteiger partial charge in [0.2, 0.25) is 0 Å². The van der Waals surface area contributed by atoms with Crippen LogP contribution in [0.15, 0.2) is 0 Å². The molecule has 11 heavy (non-hydrogen) atoms. The van der Waals surface area contributed by atoms with E-state index in [0.29, 0.717) is 6.42 Å². The second kappa shape index (κ2) is 6.16. The van der Waals surface area contributed by atoms with Crippen molar-refractivity contribution in [2.24, 2.45) is 0 Å². The molecule has 0 saturated carbocycles. The van der Waals surface area contributed by atoms with Gasteiger partial charge in [0.15, 0.2) is 0 Å². The predicted octanol–water partition coefficient (Wildman–Crippen LogP) is 2.06. The molecule has 0 aliphatic rings. The third-order valence-electron chi connectivity index (χ3n) is 1.07. The Morgan fingerprint density at radius 1 is 1.45 bits per heavy atom. The van der Waals surface area contributed by atoms with Gasteiger partial charge >= 0.3 is 5.97 Å². The van der Waals surface area contributed by atoms with Crippen molar-refractivity contribution in [3.63, 3.8) is 0 Å². The van der Waals surface area contributed by atoms with E-state index in [0.717, 1.165) is 12.8 Å². The van der Waals surface area contributed by atoms with Crippen molar-refractivity contribution in [2.75, 3.05) is 0 Å². The van der Waals surface area contributed by atoms with E-state index in [1.807, 2.05) is 20.8 Å². The zero-order valence-electron chi connectivity index (χ0n) is 7.42. The van der Waals surface area contributed by atoms with Gasteiger partial charge in [-0.25, -0.2) is 4.79 Å². The van der Waals surface area contributed by atoms with Crippen LogP contribution in [0.5, 0.6) is 0 Å². The highest BCUT2D eigenvalue weighted by molar-refractivity contribution is 5.68. The Kier molecular flexibility index (Phi) is 5.84. The van der Waals surface area contributed by atoms with E-state index < -0.39 is 0 Å². The summed E-state index contributed by atoms with van der Waals surface area (Å²) in [5.41, 5.74) is 0. The van der Waals surface area contributed by atoms with Crippen LogP contribution in [0, 0.1) is 0 Å². The van der Waals surface area contributed by atoms with E-state index in [1.165, 1.54) is 0 Å². The van der Waals surface area contributed by atoms with Crippen LogP contribution in [0.2, 0.25) is 0 Å². The molecule has 3 heteroatoms. The summed E-state index contributed by atoms with van der Waals surface area (Å²) in [5, 5.41) is 0. The Morgan fingerprint density at radius 3 is 2.55 bits per heavy atom. The minimum atomic E-state index is -0.277. The largest absolute Gasteiger partial charge is 0.342 e. The maximum atomic E-state index is 10.8. The second-order valence-electron chi connectivity index (χ2n) is 2.70. The van der Waals surface area contributed by atoms with Crippen LogP contribution in [0.1, 0.15) is 40.0 Å². The van der Waals surface area contributed by atoms with Gasteiger partial charge in [0.25, 0.3) is 0 Å². The average Bonchev–Trinajstić information content (AvgIpc) is 1.97. The van der Waals surface area contributed by atoms with E-state index in [2.05, 4.69) is 9.78 Å². The topological polar surface area (TPSA) is 35.5 Å². The fourth-order valence-electron chi connectivity index (χ4n) is 0.513. The van der Waals surface area contributed by atoms with Crippen molar-refractivity contribution in [1.82, 2.24) is 0 Å². The molecule has 0 N–H and O–H groups in total. The standard InChI is InChI=1S/C8H16O3/c1-4-5-6-8(9)11-10-7(2)3/h7H,4-6H2,1-3H3. The summed E-state index contributed by atoms with van der Waals surface area (Å²) in [7, 11) is 0. The zero-order valence-corrected chi connectivity index (χ0v) is 7.42. The lowest BCUT2D eigenvalue weighted by molar-refractivity contribution is -0.291. The van der Waals surface area contributed by atoms with Crippen molar-refractivity contribution < 1.29 is 14.6 Å². The Bertz CT molecular complexity index is 110. The Hall–Kier alpha value is -0.570. The first kappa shape index (κ1) is 10.4. The molecule has 0 saturated heterocycles. The van der Waals surface area contributed by atoms with Crippen molar-refractivity contribution in [2.45, 2.75) is 46.1 Å². The van der Waals surface area contributed by atoms with E-state index in [1.54, 1.807) is 0 Å². The molecular formula is C8H16O3. The first-order chi connectivity index (χ1) is 5.16. The summed E-state index contributed by atoms with van der Waals surface area (Å²) in [4.78, 5) is 19.9. The lowest BCUT2D eigenvalue weighted by atomic mass is 10.3. The number of carbonyl (C=O) groups is 1. The van der Waals surface area contributed by atoms with Crippen molar-refractivity contribution in [3.05, 3.63) is 0 Å². The SMILES string of the molecule is CCCCC(=O)OOC(C)C. The fourth-order valence-corrected chi connectivity index (χ4v) is 0.513. The molecule has 0 aliphatic carbocycles. The van der Waals surface area contributed by atoms with Crippen LogP contribution in [0.25, 0.3) is 0 Å². The summed E-state index contributed by atoms with van der Waals surface area (Å²) >= 11 is 0. The summed E-state index contributed by atoms with van der Waals surface area (Å²) < 4.78 is 0. The van der Waals surface area contributed by atoms with Gasteiger partial charge in [-0.15, -0.1) is 0 Å². The number of hydrogen-bond donors (Lipinski definition) is 0. The maximum Gasteiger partial charge on any atom is 0.342 e. The third-order valence-corrected chi connectivity index (χ3v) is 1.07. The Labute approximate surface area is 67.6 Å². The predicted molar refractivity (Wildman–Crippen MR) is 41.8 cm³/mol. The zero-order chi connectivity index (χ0) is 8.69. The van der Waals surface area contributed by atoms with E-state index in [4.69, 9.17) is 0 Å². The number of carbonyl (C=O) groups excluding carboxylic acids is 1. The van der Waals surface area contributed by atoms with Gasteiger partial charge in [-0.2, -0.15) is 4.89 Å². The highest BCUT2D eigenvalue weighted by Crippen LogP contribution is 1.98. The molecule has 0 aliphatic heterocycles. The molecule has 0 spiro atoms. The van der Waals surface area contributed by atoms with Crippen molar-refractivity contribution >= 4 is 5.97 Å². The third kappa shape index (κ3) is 7.33. The molecule has 0 bridgehead atoms. The molecule has 0 aromatic rings. The monoisotopic (exact) mass is 160 g/mol. The summed E-state index contributed by atoms with van der Waals surface area (Å²) in [5.74, 6) is -0.277. The van der Waals surface area contributed by atoms with Crippen LogP contribution < -0.4 is 0 Å². The highest BCUT2D eigenvalue weighted by Gasteiger charge is 2.03. The molecule has 0 fully saturated rings. The number of rotatable bonds is 5. The van der Waals surface area contributed by atoms with E-state index in [9.17, 15) is 4.79 Å². The first-order valence-corrected chi connectivity index (χ1v) is 4.03. The van der Waals surface area contributed by atoms with Gasteiger partial charge < -0.3 is 0 Å². The summed E-state index contributed by atoms with van der Waals surface area (Å²) in [6.07, 6.45) is 2.25. The van der Waals surface area contributed by atoms with Crippen LogP contribution in [0.4, 0.5) is 0 Å². The molecule has 0 atom stereocenters. The summed E-state index contributed by atoms with van der Waals surface area (Å²) in [6.45, 7) is 5.65. The van der Waals surface area contributed by atoms with Crippen LogP contribution in [-0.4, -0.2) is 12.1 Å². The average molecular weight is 160 g/mol. The maximum absolute atomic E-state index is 10.8. The molecule has 0 radical (unpaired) electrons. The number of unbranched alkanes of at least 4 members (excludes halogenated alkanes) is 1. The van der Waals surface area contributed by atoms with Crippen molar-refractivity contribution in [1.29, 1.82) is 0 Å². The Morgan fingerprint density at radius 2 is 2.09 bits per heavy atom. The molecule has 0 aromatic carbocycles. The van der Waals surface area contributed by atoms with E-state index >= 15 is 0 Å². The number of hydrogen-bond acceptors (Lipinski definition) is 3. The second-order valence-corrected chi connectivity index (χ2v) is 2.70. The normalized spacial score (nSPS) is 10.2. The molecular weight excluding hydrogens is 144 g/mol. The quantitative estimate of drug-likeness (QED) is 0.456. The smallest absolute Gasteiger partial charge is 0.298 e. The van der Waals surface area contributed by atoms with Crippen LogP contribution in [0.3, 0.4) is 0 Å². The van der Waals surface area contributed by atoms with Gasteiger partial charge in [0, 0.05) is 6.42 Å². The highest BCUT2D eigenvalue weighted by atomic mass is 17.2. The van der Waals surface area contributed by atoms with Crippen LogP contribution >= 0.6 is 0 Å². The molecule has 66 valence electrons.